The van der Waals surface area contributed by atoms with Gasteiger partial charge in [-0.15, -0.1) is 5.10 Å². The fourth-order valence-corrected chi connectivity index (χ4v) is 9.40. The number of ether oxygens (including phenoxy) is 5. The summed E-state index contributed by atoms with van der Waals surface area (Å²) < 4.78 is 31.6. The van der Waals surface area contributed by atoms with Crippen LogP contribution in [0.15, 0.2) is 112 Å². The number of benzene rings is 3. The first-order valence-corrected chi connectivity index (χ1v) is 28.0. The van der Waals surface area contributed by atoms with Crippen LogP contribution in [0.3, 0.4) is 0 Å². The van der Waals surface area contributed by atoms with E-state index in [2.05, 4.69) is 58.1 Å². The van der Waals surface area contributed by atoms with Crippen molar-refractivity contribution in [3.63, 3.8) is 0 Å². The Hall–Kier alpha value is -6.81. The number of pyridine rings is 1. The van der Waals surface area contributed by atoms with E-state index in [1.165, 1.54) is 6.07 Å². The normalized spacial score (nSPS) is 17.8. The highest BCUT2D eigenvalue weighted by atomic mass is 79.9. The first kappa shape index (κ1) is 64.4. The number of aromatic nitrogens is 4. The summed E-state index contributed by atoms with van der Waals surface area (Å²) in [6, 6.07) is 26.3. The lowest BCUT2D eigenvalue weighted by Gasteiger charge is -2.38. The number of aliphatic hydroxyl groups is 3. The number of nitrogens with zero attached hydrogens (tertiary/aromatic N) is 5. The zero-order chi connectivity index (χ0) is 57.7. The smallest absolute Gasteiger partial charge is 0.335 e. The van der Waals surface area contributed by atoms with Crippen LogP contribution in [0.2, 0.25) is 0 Å². The molecule has 0 aliphatic carbocycles. The summed E-state index contributed by atoms with van der Waals surface area (Å²) in [5.74, 6) is -3.42. The maximum atomic E-state index is 13.3. The van der Waals surface area contributed by atoms with E-state index in [0.29, 0.717) is 30.8 Å². The molecule has 1 saturated heterocycles. The number of carbonyl (C=O) groups excluding carboxylic acids is 5. The molecule has 0 unspecified atom stereocenters. The molecule has 3 aromatic carbocycles. The van der Waals surface area contributed by atoms with Crippen LogP contribution < -0.4 is 25.3 Å². The Kier molecular flexibility index (Phi) is 25.7. The first-order chi connectivity index (χ1) is 39.2. The SMILES string of the molecule is O=C(CCOCCOCCOCCN1C(=O)C(Br)=C(Br)C1=O)NCCC(=O)Nc1cc(C[n+]2cccc(-c3cn(CCCCCCCC(=O)Nc4ccccc4-c4ccccc4)nn3)c2)ccc1O[C@@H]1O[C@H](C(=O)O)[C@@H](O)[C@H](O)[C@H]1O.[CH3-]. The molecular formula is C57H68Br2N8O15. The average molecular weight is 1270 g/mol. The number of aryl methyl sites for hydroxylation is 1. The molecule has 5 amide bonds. The molecule has 82 heavy (non-hydrogen) atoms. The van der Waals surface area contributed by atoms with Crippen molar-refractivity contribution in [2.75, 3.05) is 63.4 Å². The molecule has 5 aromatic rings. The number of para-hydroxylation sites is 1. The number of hydrogen-bond acceptors (Lipinski definition) is 16. The highest BCUT2D eigenvalue weighted by molar-refractivity contribution is 9.14. The third-order valence-electron chi connectivity index (χ3n) is 12.9. The van der Waals surface area contributed by atoms with E-state index in [4.69, 9.17) is 23.7 Å². The largest absolute Gasteiger partial charge is 0.479 e. The second-order valence-electron chi connectivity index (χ2n) is 18.9. The Labute approximate surface area is 491 Å². The van der Waals surface area contributed by atoms with Crippen molar-refractivity contribution in [3.8, 4) is 28.1 Å². The van der Waals surface area contributed by atoms with Gasteiger partial charge in [-0.25, -0.2) is 9.36 Å². The van der Waals surface area contributed by atoms with Gasteiger partial charge in [0.2, 0.25) is 24.0 Å². The van der Waals surface area contributed by atoms with E-state index in [-0.39, 0.29) is 105 Å². The highest BCUT2D eigenvalue weighted by Gasteiger charge is 2.48. The van der Waals surface area contributed by atoms with Crippen molar-refractivity contribution < 1.29 is 77.4 Å². The molecule has 25 heteroatoms. The van der Waals surface area contributed by atoms with E-state index in [1.54, 1.807) is 16.8 Å². The topological polar surface area (TPSA) is 303 Å². The predicted molar refractivity (Wildman–Crippen MR) is 306 cm³/mol. The van der Waals surface area contributed by atoms with E-state index >= 15 is 0 Å². The van der Waals surface area contributed by atoms with Gasteiger partial charge in [-0.1, -0.05) is 73.0 Å². The quantitative estimate of drug-likeness (QED) is 0.0130. The predicted octanol–water partition coefficient (Wildman–Crippen LogP) is 4.90. The maximum Gasteiger partial charge on any atom is 0.335 e. The highest BCUT2D eigenvalue weighted by Crippen LogP contribution is 2.32. The number of carbonyl (C=O) groups is 6. The molecule has 0 spiro atoms. The summed E-state index contributed by atoms with van der Waals surface area (Å²) in [6.45, 7) is 2.16. The fourth-order valence-electron chi connectivity index (χ4n) is 8.64. The average Bonchev–Trinajstić information content (AvgIpc) is 4.14. The Bertz CT molecular complexity index is 2960. The lowest BCUT2D eigenvalue weighted by Crippen LogP contribution is -2.61. The molecule has 7 N–H and O–H groups in total. The summed E-state index contributed by atoms with van der Waals surface area (Å²) in [5.41, 5.74) is 5.08. The van der Waals surface area contributed by atoms with E-state index in [0.717, 1.165) is 59.4 Å². The molecule has 2 aliphatic heterocycles. The van der Waals surface area contributed by atoms with Gasteiger partial charge in [0, 0.05) is 55.2 Å². The van der Waals surface area contributed by atoms with E-state index in [1.807, 2.05) is 89.9 Å². The van der Waals surface area contributed by atoms with E-state index in [9.17, 15) is 49.2 Å². The van der Waals surface area contributed by atoms with Crippen molar-refractivity contribution >= 4 is 78.7 Å². The van der Waals surface area contributed by atoms with Crippen molar-refractivity contribution in [2.24, 2.45) is 0 Å². The molecule has 440 valence electrons. The van der Waals surface area contributed by atoms with Crippen LogP contribution >= 0.6 is 31.9 Å². The van der Waals surface area contributed by atoms with Gasteiger partial charge in [-0.05, 0) is 80.6 Å². The maximum absolute atomic E-state index is 13.3. The summed E-state index contributed by atoms with van der Waals surface area (Å²) in [5, 5.41) is 58.2. The lowest BCUT2D eigenvalue weighted by molar-refractivity contribution is -0.687. The van der Waals surface area contributed by atoms with Crippen molar-refractivity contribution in [1.29, 1.82) is 0 Å². The molecule has 2 aromatic heterocycles. The molecule has 5 atom stereocenters. The minimum atomic E-state index is -1.94. The third-order valence-corrected chi connectivity index (χ3v) is 14.9. The minimum absolute atomic E-state index is 0. The van der Waals surface area contributed by atoms with Gasteiger partial charge >= 0.3 is 5.97 Å². The van der Waals surface area contributed by atoms with Gasteiger partial charge < -0.3 is 67.5 Å². The van der Waals surface area contributed by atoms with Crippen LogP contribution in [-0.2, 0) is 60.8 Å². The van der Waals surface area contributed by atoms with Crippen LogP contribution in [0.5, 0.6) is 5.75 Å². The number of nitrogens with one attached hydrogen (secondary N) is 3. The zero-order valence-corrected chi connectivity index (χ0v) is 48.4. The third kappa shape index (κ3) is 18.9. The van der Waals surface area contributed by atoms with Crippen LogP contribution in [0.4, 0.5) is 11.4 Å². The summed E-state index contributed by atoms with van der Waals surface area (Å²) in [7, 11) is 0. The van der Waals surface area contributed by atoms with Crippen LogP contribution in [0.25, 0.3) is 22.4 Å². The summed E-state index contributed by atoms with van der Waals surface area (Å²) in [6.07, 6.45) is 1.04. The van der Waals surface area contributed by atoms with Crippen LogP contribution in [0, 0.1) is 7.43 Å². The number of halogens is 2. The molecule has 2 aliphatic rings. The van der Waals surface area contributed by atoms with Gasteiger partial charge in [0.05, 0.1) is 63.6 Å². The van der Waals surface area contributed by atoms with Gasteiger partial charge in [0.15, 0.2) is 25.0 Å². The lowest BCUT2D eigenvalue weighted by atomic mass is 9.99. The monoisotopic (exact) mass is 1260 g/mol. The molecule has 0 bridgehead atoms. The first-order valence-electron chi connectivity index (χ1n) is 26.4. The number of unbranched alkanes of at least 4 members (excludes halogenated alkanes) is 4. The minimum Gasteiger partial charge on any atom is -0.479 e. The number of hydrogen-bond donors (Lipinski definition) is 7. The zero-order valence-electron chi connectivity index (χ0n) is 45.2. The van der Waals surface area contributed by atoms with Crippen molar-refractivity contribution in [1.82, 2.24) is 25.2 Å². The number of amides is 5. The Morgan fingerprint density at radius 1 is 0.671 bits per heavy atom. The molecule has 7 rings (SSSR count). The van der Waals surface area contributed by atoms with Gasteiger partial charge in [0.1, 0.15) is 38.7 Å². The number of carboxylic acid groups (broad SMARTS) is 1. The Morgan fingerprint density at radius 2 is 1.32 bits per heavy atom. The Balaban J connectivity index is 0.0000108. The standard InChI is InChI=1S/C56H64Br2N8O15.CH3/c57-47-48(58)54(74)66(53(47)73)25-27-78-29-31-79-30-28-77-26-21-44(67)59-22-20-46(69)61-41-32-36(18-19-43(41)80-56-51(72)49(70)50(71)52(81-56)55(75)76)33-64-23-11-14-38(34-64)42-35-65(63-62-42)24-10-3-1-2-7-17-45(68)60-40-16-9-8-15-39(40)37-12-5-4-6-13-37;/h4-6,8-9,11-16,18-19,23,32,34-35,49-52,56,70-72H,1-3,7,10,17,20-22,24-31,33H2,(H3-,59,60,61,67,68,69,75,76);1H3/q;-1/p+1/t49-,50-,51+,52-,56+;/m0./s1. The number of imide groups is 1. The van der Waals surface area contributed by atoms with Crippen LogP contribution in [-0.4, -0.2) is 159 Å². The van der Waals surface area contributed by atoms with Crippen molar-refractivity contribution in [2.45, 2.75) is 95.2 Å². The molecule has 0 radical (unpaired) electrons. The molecule has 23 nitrogen and oxygen atoms in total. The van der Waals surface area contributed by atoms with Crippen LogP contribution in [0.1, 0.15) is 56.9 Å². The second kappa shape index (κ2) is 32.7. The summed E-state index contributed by atoms with van der Waals surface area (Å²) in [4.78, 5) is 75.7. The number of carboxylic acids is 1. The number of rotatable bonds is 32. The van der Waals surface area contributed by atoms with Crippen molar-refractivity contribution in [3.05, 3.63) is 125 Å². The van der Waals surface area contributed by atoms with Gasteiger partial charge in [-0.2, -0.15) is 0 Å². The van der Waals surface area contributed by atoms with Gasteiger partial charge in [-0.3, -0.25) is 33.6 Å². The van der Waals surface area contributed by atoms with E-state index < -0.39 is 54.4 Å². The Morgan fingerprint density at radius 3 is 2.06 bits per heavy atom. The fraction of sp³-hybridized carbons (Fsp3) is 0.404. The second-order valence-corrected chi connectivity index (χ2v) is 20.5. The molecule has 0 saturated carbocycles. The molecular weight excluding hydrogens is 1200 g/mol. The number of aliphatic hydroxyl groups excluding tert-OH is 3. The van der Waals surface area contributed by atoms with Gasteiger partial charge in [0.25, 0.3) is 11.8 Å². The summed E-state index contributed by atoms with van der Waals surface area (Å²) >= 11 is 6.15. The molecule has 4 heterocycles. The molecule has 1 fully saturated rings. The number of anilines is 2. The number of aliphatic carboxylic acids is 1.